The first-order chi connectivity index (χ1) is 9.38. The molecule has 2 aromatic carbocycles. The van der Waals surface area contributed by atoms with Gasteiger partial charge in [-0.2, -0.15) is 0 Å². The van der Waals surface area contributed by atoms with Crippen molar-refractivity contribution in [2.75, 3.05) is 5.32 Å². The third-order valence-corrected chi connectivity index (χ3v) is 5.33. The van der Waals surface area contributed by atoms with Gasteiger partial charge in [-0.3, -0.25) is 4.79 Å². The first-order valence-electron chi connectivity index (χ1n) is 6.54. The summed E-state index contributed by atoms with van der Waals surface area (Å²) < 4.78 is 0. The van der Waals surface area contributed by atoms with Crippen LogP contribution in [0.3, 0.4) is 0 Å². The van der Waals surface area contributed by atoms with Gasteiger partial charge in [0.1, 0.15) is 0 Å². The van der Waals surface area contributed by atoms with E-state index in [4.69, 9.17) is 11.6 Å². The number of anilines is 1. The molecule has 0 heterocycles. The zero-order valence-corrected chi connectivity index (χ0v) is 13.7. The van der Waals surface area contributed by atoms with Gasteiger partial charge in [0.25, 0.3) is 5.91 Å². The van der Waals surface area contributed by atoms with Crippen LogP contribution in [-0.2, 0) is 0 Å². The molecule has 0 saturated heterocycles. The van der Waals surface area contributed by atoms with Crippen molar-refractivity contribution >= 4 is 36.5 Å². The molecule has 20 heavy (non-hydrogen) atoms. The summed E-state index contributed by atoms with van der Waals surface area (Å²) in [7, 11) is -1.63. The number of nitrogens with one attached hydrogen (secondary N) is 1. The average Bonchev–Trinajstić information content (AvgIpc) is 2.38. The number of halogens is 1. The molecular weight excluding hydrogens is 286 g/mol. The van der Waals surface area contributed by atoms with Crippen LogP contribution in [0.15, 0.2) is 48.5 Å². The highest BCUT2D eigenvalue weighted by Crippen LogP contribution is 2.15. The van der Waals surface area contributed by atoms with Crippen molar-refractivity contribution < 1.29 is 4.79 Å². The number of amides is 1. The number of benzene rings is 2. The Morgan fingerprint density at radius 3 is 2.30 bits per heavy atom. The minimum Gasteiger partial charge on any atom is -0.322 e. The number of carbonyl (C=O) groups is 1. The summed E-state index contributed by atoms with van der Waals surface area (Å²) in [6.45, 7) is 6.62. The number of carbonyl (C=O) groups excluding carboxylic acids is 1. The molecule has 2 aromatic rings. The molecule has 0 radical (unpaired) electrons. The van der Waals surface area contributed by atoms with Crippen molar-refractivity contribution in [2.45, 2.75) is 19.6 Å². The van der Waals surface area contributed by atoms with E-state index in [0.29, 0.717) is 5.02 Å². The fourth-order valence-electron chi connectivity index (χ4n) is 2.05. The number of hydrogen-bond acceptors (Lipinski definition) is 1. The number of rotatable bonds is 3. The van der Waals surface area contributed by atoms with E-state index >= 15 is 0 Å². The molecule has 0 aromatic heterocycles. The SMILES string of the molecule is C[Si](C)(C)c1cc(Cl)ccc1C(=O)Nc1ccccc1. The fraction of sp³-hybridized carbons (Fsp3) is 0.188. The summed E-state index contributed by atoms with van der Waals surface area (Å²) in [5, 5.41) is 4.69. The standard InChI is InChI=1S/C16H18ClNOSi/c1-20(2,3)15-11-12(17)9-10-14(15)16(19)18-13-7-5-4-6-8-13/h4-11H,1-3H3,(H,18,19). The third-order valence-electron chi connectivity index (χ3n) is 3.07. The molecule has 0 fully saturated rings. The van der Waals surface area contributed by atoms with Gasteiger partial charge in [-0.1, -0.05) is 49.4 Å². The van der Waals surface area contributed by atoms with Crippen molar-refractivity contribution in [1.29, 1.82) is 0 Å². The van der Waals surface area contributed by atoms with Gasteiger partial charge in [0.2, 0.25) is 0 Å². The van der Waals surface area contributed by atoms with E-state index in [0.717, 1.165) is 16.4 Å². The Bertz CT molecular complexity index is 620. The van der Waals surface area contributed by atoms with Crippen LogP contribution in [0.25, 0.3) is 0 Å². The minimum atomic E-state index is -1.63. The van der Waals surface area contributed by atoms with Crippen LogP contribution in [0, 0.1) is 0 Å². The molecule has 0 atom stereocenters. The Balaban J connectivity index is 2.35. The molecule has 1 amide bonds. The molecular formula is C16H18ClNOSi. The van der Waals surface area contributed by atoms with Gasteiger partial charge in [-0.05, 0) is 35.5 Å². The monoisotopic (exact) mass is 303 g/mol. The molecule has 0 aliphatic heterocycles. The van der Waals surface area contributed by atoms with Gasteiger partial charge in [0.05, 0.1) is 8.07 Å². The highest BCUT2D eigenvalue weighted by molar-refractivity contribution is 6.89. The Morgan fingerprint density at radius 2 is 1.70 bits per heavy atom. The molecule has 0 bridgehead atoms. The summed E-state index contributed by atoms with van der Waals surface area (Å²) in [6.07, 6.45) is 0. The van der Waals surface area contributed by atoms with Crippen LogP contribution < -0.4 is 10.5 Å². The van der Waals surface area contributed by atoms with Crippen LogP contribution in [0.1, 0.15) is 10.4 Å². The number of hydrogen-bond donors (Lipinski definition) is 1. The molecule has 2 nitrogen and oxygen atoms in total. The van der Waals surface area contributed by atoms with Crippen molar-refractivity contribution in [2.24, 2.45) is 0 Å². The molecule has 0 saturated carbocycles. The van der Waals surface area contributed by atoms with Gasteiger partial charge in [0, 0.05) is 16.3 Å². The van der Waals surface area contributed by atoms with E-state index in [1.807, 2.05) is 42.5 Å². The Kier molecular flexibility index (Phi) is 4.31. The van der Waals surface area contributed by atoms with Crippen LogP contribution in [0.2, 0.25) is 24.7 Å². The van der Waals surface area contributed by atoms with E-state index in [-0.39, 0.29) is 5.91 Å². The summed E-state index contributed by atoms with van der Waals surface area (Å²) in [5.41, 5.74) is 1.52. The van der Waals surface area contributed by atoms with Crippen molar-refractivity contribution in [3.8, 4) is 0 Å². The second kappa shape index (κ2) is 5.81. The number of para-hydroxylation sites is 1. The summed E-state index contributed by atoms with van der Waals surface area (Å²) in [4.78, 5) is 12.5. The van der Waals surface area contributed by atoms with E-state index in [1.165, 1.54) is 0 Å². The highest BCUT2D eigenvalue weighted by atomic mass is 35.5. The molecule has 1 N–H and O–H groups in total. The van der Waals surface area contributed by atoms with Crippen LogP contribution in [-0.4, -0.2) is 14.0 Å². The van der Waals surface area contributed by atoms with Gasteiger partial charge in [0.15, 0.2) is 0 Å². The third kappa shape index (κ3) is 3.49. The highest BCUT2D eigenvalue weighted by Gasteiger charge is 2.23. The Hall–Kier alpha value is -1.58. The lowest BCUT2D eigenvalue weighted by atomic mass is 10.2. The normalized spacial score (nSPS) is 11.2. The smallest absolute Gasteiger partial charge is 0.255 e. The molecule has 4 heteroatoms. The maximum Gasteiger partial charge on any atom is 0.255 e. The average molecular weight is 304 g/mol. The van der Waals surface area contributed by atoms with Gasteiger partial charge in [-0.25, -0.2) is 0 Å². The first kappa shape index (κ1) is 14.8. The quantitative estimate of drug-likeness (QED) is 0.848. The Morgan fingerprint density at radius 1 is 1.05 bits per heavy atom. The zero-order chi connectivity index (χ0) is 14.8. The predicted molar refractivity (Wildman–Crippen MR) is 88.8 cm³/mol. The molecule has 0 aliphatic carbocycles. The molecule has 0 unspecified atom stereocenters. The van der Waals surface area contributed by atoms with E-state index in [1.54, 1.807) is 6.07 Å². The van der Waals surface area contributed by atoms with Crippen LogP contribution in [0.5, 0.6) is 0 Å². The summed E-state index contributed by atoms with van der Waals surface area (Å²) in [5.74, 6) is -0.0784. The fourth-order valence-corrected chi connectivity index (χ4v) is 3.91. The summed E-state index contributed by atoms with van der Waals surface area (Å²) in [6, 6.07) is 15.0. The van der Waals surface area contributed by atoms with Gasteiger partial charge >= 0.3 is 0 Å². The molecule has 0 spiro atoms. The molecule has 0 aliphatic rings. The summed E-state index contributed by atoms with van der Waals surface area (Å²) >= 11 is 6.08. The van der Waals surface area contributed by atoms with Gasteiger partial charge < -0.3 is 5.32 Å². The van der Waals surface area contributed by atoms with Crippen molar-refractivity contribution in [1.82, 2.24) is 0 Å². The lowest BCUT2D eigenvalue weighted by Gasteiger charge is -2.21. The van der Waals surface area contributed by atoms with Crippen LogP contribution in [0.4, 0.5) is 5.69 Å². The molecule has 104 valence electrons. The molecule has 2 rings (SSSR count). The topological polar surface area (TPSA) is 29.1 Å². The second-order valence-electron chi connectivity index (χ2n) is 5.76. The first-order valence-corrected chi connectivity index (χ1v) is 10.4. The van der Waals surface area contributed by atoms with E-state index in [9.17, 15) is 4.79 Å². The maximum atomic E-state index is 12.5. The second-order valence-corrected chi connectivity index (χ2v) is 11.2. The van der Waals surface area contributed by atoms with Gasteiger partial charge in [-0.15, -0.1) is 0 Å². The minimum absolute atomic E-state index is 0.0784. The lowest BCUT2D eigenvalue weighted by molar-refractivity contribution is 0.102. The Labute approximate surface area is 125 Å². The van der Waals surface area contributed by atoms with Crippen LogP contribution >= 0.6 is 11.6 Å². The van der Waals surface area contributed by atoms with Crippen molar-refractivity contribution in [3.63, 3.8) is 0 Å². The predicted octanol–water partition coefficient (Wildman–Crippen LogP) is 4.14. The van der Waals surface area contributed by atoms with E-state index < -0.39 is 8.07 Å². The lowest BCUT2D eigenvalue weighted by Crippen LogP contribution is -2.42. The zero-order valence-electron chi connectivity index (χ0n) is 11.9. The van der Waals surface area contributed by atoms with Crippen molar-refractivity contribution in [3.05, 3.63) is 59.1 Å². The maximum absolute atomic E-state index is 12.5. The largest absolute Gasteiger partial charge is 0.322 e. The van der Waals surface area contributed by atoms with E-state index in [2.05, 4.69) is 25.0 Å².